The Morgan fingerprint density at radius 3 is 2.40 bits per heavy atom. The van der Waals surface area contributed by atoms with Crippen molar-refractivity contribution in [1.82, 2.24) is 15.1 Å². The van der Waals surface area contributed by atoms with Crippen molar-refractivity contribution < 1.29 is 19.1 Å². The molecule has 206 valence electrons. The number of hydrogen-bond donors (Lipinski definition) is 2. The van der Waals surface area contributed by atoms with Crippen LogP contribution in [0.4, 0.5) is 5.82 Å². The highest BCUT2D eigenvalue weighted by atomic mass is 16.5. The fourth-order valence-corrected chi connectivity index (χ4v) is 4.63. The predicted octanol–water partition coefficient (Wildman–Crippen LogP) is 5.48. The Morgan fingerprint density at radius 2 is 1.65 bits per heavy atom. The fraction of sp³-hybridized carbons (Fsp3) is 0.281. The molecular weight excluding hydrogens is 504 g/mol. The lowest BCUT2D eigenvalue weighted by Gasteiger charge is -2.14. The number of aryl methyl sites for hydroxylation is 1. The van der Waals surface area contributed by atoms with E-state index >= 15 is 0 Å². The summed E-state index contributed by atoms with van der Waals surface area (Å²) < 4.78 is 11.2. The van der Waals surface area contributed by atoms with Gasteiger partial charge < -0.3 is 14.8 Å². The first-order valence-electron chi connectivity index (χ1n) is 13.7. The third kappa shape index (κ3) is 7.80. The molecule has 4 aromatic rings. The number of likely N-dealkylation sites (tertiary alicyclic amines) is 1. The van der Waals surface area contributed by atoms with Gasteiger partial charge in [0.1, 0.15) is 19.0 Å². The molecule has 0 aliphatic carbocycles. The van der Waals surface area contributed by atoms with E-state index in [4.69, 9.17) is 9.47 Å². The minimum atomic E-state index is -0.240. The number of esters is 1. The van der Waals surface area contributed by atoms with Crippen molar-refractivity contribution in [3.8, 4) is 17.0 Å². The van der Waals surface area contributed by atoms with E-state index in [1.54, 1.807) is 18.2 Å². The molecule has 0 atom stereocenters. The number of anilines is 1. The lowest BCUT2D eigenvalue weighted by molar-refractivity contribution is -0.144. The van der Waals surface area contributed by atoms with Crippen LogP contribution in [0.15, 0.2) is 84.9 Å². The molecule has 1 aromatic heterocycles. The van der Waals surface area contributed by atoms with Crippen LogP contribution in [0.25, 0.3) is 11.3 Å². The van der Waals surface area contributed by atoms with Crippen LogP contribution in [0.1, 0.15) is 40.7 Å². The summed E-state index contributed by atoms with van der Waals surface area (Å²) in [5.74, 6) is 0.735. The lowest BCUT2D eigenvalue weighted by Crippen LogP contribution is -2.25. The second-order valence-electron chi connectivity index (χ2n) is 9.89. The van der Waals surface area contributed by atoms with Crippen LogP contribution in [0.3, 0.4) is 0 Å². The number of hydrogen-bond acceptors (Lipinski definition) is 6. The summed E-state index contributed by atoms with van der Waals surface area (Å²) >= 11 is 0. The van der Waals surface area contributed by atoms with Crippen molar-refractivity contribution >= 4 is 17.7 Å². The first-order chi connectivity index (χ1) is 19.6. The number of ether oxygens (including phenoxy) is 2. The maximum atomic E-state index is 12.7. The van der Waals surface area contributed by atoms with Crippen LogP contribution < -0.4 is 10.1 Å². The van der Waals surface area contributed by atoms with Gasteiger partial charge in [-0.3, -0.25) is 19.6 Å². The normalized spacial score (nSPS) is 13.2. The van der Waals surface area contributed by atoms with Gasteiger partial charge in [0.25, 0.3) is 5.91 Å². The topological polar surface area (TPSA) is 96.5 Å². The monoisotopic (exact) mass is 538 g/mol. The van der Waals surface area contributed by atoms with Gasteiger partial charge in [-0.2, -0.15) is 5.10 Å². The van der Waals surface area contributed by atoms with Crippen LogP contribution in [0, 0.1) is 0 Å². The van der Waals surface area contributed by atoms with E-state index in [-0.39, 0.29) is 18.5 Å². The van der Waals surface area contributed by atoms with Crippen LogP contribution in [0.2, 0.25) is 0 Å². The standard InChI is InChI=1S/C32H34N4O4/c37-31(40-23-25-6-2-1-3-7-25)17-10-24-8-11-26(12-9-24)29-22-30(35-34-29)33-32(38)27-13-15-28(16-14-27)39-21-20-36-18-4-5-19-36/h1-3,6-9,11-16,22H,4-5,10,17-21,23H2,(H2,33,34,35,38). The van der Waals surface area contributed by atoms with Gasteiger partial charge in [0.05, 0.1) is 5.69 Å². The van der Waals surface area contributed by atoms with Gasteiger partial charge in [0.2, 0.25) is 0 Å². The molecule has 1 aliphatic heterocycles. The molecule has 1 fully saturated rings. The molecule has 1 saturated heterocycles. The van der Waals surface area contributed by atoms with Crippen molar-refractivity contribution in [3.63, 3.8) is 0 Å². The van der Waals surface area contributed by atoms with E-state index in [1.807, 2.05) is 66.7 Å². The fourth-order valence-electron chi connectivity index (χ4n) is 4.63. The Bertz CT molecular complexity index is 1380. The Labute approximate surface area is 234 Å². The van der Waals surface area contributed by atoms with Crippen LogP contribution >= 0.6 is 0 Å². The van der Waals surface area contributed by atoms with Gasteiger partial charge in [-0.25, -0.2) is 0 Å². The van der Waals surface area contributed by atoms with Gasteiger partial charge in [-0.15, -0.1) is 0 Å². The summed E-state index contributed by atoms with van der Waals surface area (Å²) in [6.45, 7) is 4.16. The summed E-state index contributed by atoms with van der Waals surface area (Å²) in [4.78, 5) is 27.2. The molecule has 2 heterocycles. The predicted molar refractivity (Wildman–Crippen MR) is 154 cm³/mol. The van der Waals surface area contributed by atoms with E-state index in [0.29, 0.717) is 30.8 Å². The molecular formula is C32H34N4O4. The number of carbonyl (C=O) groups excluding carboxylic acids is 2. The minimum absolute atomic E-state index is 0.221. The van der Waals surface area contributed by atoms with Crippen LogP contribution in [-0.2, 0) is 22.6 Å². The molecule has 0 bridgehead atoms. The van der Waals surface area contributed by atoms with Crippen molar-refractivity contribution in [2.24, 2.45) is 0 Å². The second kappa shape index (κ2) is 13.6. The van der Waals surface area contributed by atoms with Crippen LogP contribution in [0.5, 0.6) is 5.75 Å². The van der Waals surface area contributed by atoms with E-state index in [9.17, 15) is 9.59 Å². The number of aromatic amines is 1. The molecule has 1 amide bonds. The molecule has 0 spiro atoms. The van der Waals surface area contributed by atoms with Gasteiger partial charge in [-0.1, -0.05) is 54.6 Å². The van der Waals surface area contributed by atoms with E-state index in [1.165, 1.54) is 12.8 Å². The van der Waals surface area contributed by atoms with Gasteiger partial charge >= 0.3 is 5.97 Å². The molecule has 5 rings (SSSR count). The zero-order valence-electron chi connectivity index (χ0n) is 22.5. The Hall–Kier alpha value is -4.43. The molecule has 8 heteroatoms. The third-order valence-electron chi connectivity index (χ3n) is 6.94. The maximum absolute atomic E-state index is 12.7. The molecule has 3 aromatic carbocycles. The molecule has 8 nitrogen and oxygen atoms in total. The highest BCUT2D eigenvalue weighted by Crippen LogP contribution is 2.22. The number of nitrogens with zero attached hydrogens (tertiary/aromatic N) is 2. The van der Waals surface area contributed by atoms with Gasteiger partial charge in [0.15, 0.2) is 5.82 Å². The highest BCUT2D eigenvalue weighted by molar-refractivity contribution is 6.04. The van der Waals surface area contributed by atoms with Crippen molar-refractivity contribution in [2.45, 2.75) is 32.3 Å². The number of H-pyrrole nitrogens is 1. The Kier molecular flexibility index (Phi) is 9.21. The zero-order chi connectivity index (χ0) is 27.6. The lowest BCUT2D eigenvalue weighted by atomic mass is 10.1. The average molecular weight is 539 g/mol. The number of amides is 1. The van der Waals surface area contributed by atoms with E-state index in [2.05, 4.69) is 20.4 Å². The summed E-state index contributed by atoms with van der Waals surface area (Å²) in [6.07, 6.45) is 3.45. The first kappa shape index (κ1) is 27.1. The van der Waals surface area contributed by atoms with E-state index < -0.39 is 0 Å². The maximum Gasteiger partial charge on any atom is 0.306 e. The molecule has 2 N–H and O–H groups in total. The highest BCUT2D eigenvalue weighted by Gasteiger charge is 2.12. The number of benzene rings is 3. The molecule has 0 radical (unpaired) electrons. The molecule has 40 heavy (non-hydrogen) atoms. The Morgan fingerprint density at radius 1 is 0.900 bits per heavy atom. The van der Waals surface area contributed by atoms with Crippen molar-refractivity contribution in [3.05, 3.63) is 102 Å². The number of aromatic nitrogens is 2. The summed E-state index contributed by atoms with van der Waals surface area (Å²) in [6, 6.07) is 26.5. The second-order valence-corrected chi connectivity index (χ2v) is 9.89. The first-order valence-corrected chi connectivity index (χ1v) is 13.7. The minimum Gasteiger partial charge on any atom is -0.492 e. The molecule has 0 saturated carbocycles. The smallest absolute Gasteiger partial charge is 0.306 e. The third-order valence-corrected chi connectivity index (χ3v) is 6.94. The van der Waals surface area contributed by atoms with Gasteiger partial charge in [0, 0.05) is 24.6 Å². The van der Waals surface area contributed by atoms with Crippen LogP contribution in [-0.4, -0.2) is 53.2 Å². The summed E-state index contributed by atoms with van der Waals surface area (Å²) in [5, 5.41) is 10.0. The summed E-state index contributed by atoms with van der Waals surface area (Å²) in [7, 11) is 0. The van der Waals surface area contributed by atoms with Crippen molar-refractivity contribution in [2.75, 3.05) is 31.6 Å². The molecule has 1 aliphatic rings. The Balaban J connectivity index is 1.06. The largest absolute Gasteiger partial charge is 0.492 e. The number of carbonyl (C=O) groups is 2. The number of rotatable bonds is 12. The van der Waals surface area contributed by atoms with Gasteiger partial charge in [-0.05, 0) is 73.3 Å². The average Bonchev–Trinajstić information content (AvgIpc) is 3.69. The molecule has 0 unspecified atom stereocenters. The quantitative estimate of drug-likeness (QED) is 0.232. The van der Waals surface area contributed by atoms with E-state index in [0.717, 1.165) is 47.8 Å². The summed E-state index contributed by atoms with van der Waals surface area (Å²) in [5.41, 5.74) is 4.26. The van der Waals surface area contributed by atoms with Crippen molar-refractivity contribution in [1.29, 1.82) is 0 Å². The SMILES string of the molecule is O=C(CCc1ccc(-c2cc(NC(=O)c3ccc(OCCN4CCCC4)cc3)n[nH]2)cc1)OCc1ccccc1. The zero-order valence-corrected chi connectivity index (χ0v) is 22.5. The number of nitrogens with one attached hydrogen (secondary N) is 2.